The van der Waals surface area contributed by atoms with Crippen LogP contribution in [0.25, 0.3) is 22.0 Å². The number of H-pyrrole nitrogens is 1. The van der Waals surface area contributed by atoms with Crippen LogP contribution in [0.2, 0.25) is 0 Å². The Morgan fingerprint density at radius 1 is 0.893 bits per heavy atom. The Morgan fingerprint density at radius 2 is 1.64 bits per heavy atom. The molecular weight excluding hydrogens is 348 g/mol. The Kier molecular flexibility index (Phi) is 4.77. The standard InChI is InChI=1S/C24H20N2O2/c1-2-16-7-5-6-10-21(16)25-23(27)20-13-14-22(26-24(20)28)19-12-11-17-8-3-4-9-18(17)15-19/h3-15H,2H2,1H3,(H,25,27)(H,26,28). The van der Waals surface area contributed by atoms with Crippen LogP contribution in [0.1, 0.15) is 22.8 Å². The number of carbonyl (C=O) groups is 1. The predicted molar refractivity (Wildman–Crippen MR) is 114 cm³/mol. The van der Waals surface area contributed by atoms with Crippen molar-refractivity contribution in [1.82, 2.24) is 4.98 Å². The van der Waals surface area contributed by atoms with Crippen molar-refractivity contribution in [3.8, 4) is 11.3 Å². The highest BCUT2D eigenvalue weighted by Crippen LogP contribution is 2.22. The van der Waals surface area contributed by atoms with Crippen LogP contribution < -0.4 is 10.9 Å². The summed E-state index contributed by atoms with van der Waals surface area (Å²) in [6, 6.07) is 25.0. The number of hydrogen-bond donors (Lipinski definition) is 2. The monoisotopic (exact) mass is 368 g/mol. The number of aromatic amines is 1. The van der Waals surface area contributed by atoms with Crippen molar-refractivity contribution in [2.24, 2.45) is 0 Å². The number of fused-ring (bicyclic) bond motifs is 1. The molecule has 0 saturated carbocycles. The molecule has 1 amide bonds. The van der Waals surface area contributed by atoms with Crippen LogP contribution in [0, 0.1) is 0 Å². The Labute approximate surface area is 162 Å². The molecule has 0 atom stereocenters. The summed E-state index contributed by atoms with van der Waals surface area (Å²) in [7, 11) is 0. The minimum absolute atomic E-state index is 0.0930. The van der Waals surface area contributed by atoms with Gasteiger partial charge in [-0.1, -0.05) is 61.5 Å². The average molecular weight is 368 g/mol. The van der Waals surface area contributed by atoms with Gasteiger partial charge < -0.3 is 10.3 Å². The van der Waals surface area contributed by atoms with E-state index < -0.39 is 11.5 Å². The van der Waals surface area contributed by atoms with Gasteiger partial charge >= 0.3 is 0 Å². The lowest BCUT2D eigenvalue weighted by atomic mass is 10.0. The predicted octanol–water partition coefficient (Wildman–Crippen LogP) is 5.01. The molecule has 3 aromatic carbocycles. The maximum absolute atomic E-state index is 12.6. The van der Waals surface area contributed by atoms with Crippen molar-refractivity contribution >= 4 is 22.4 Å². The molecule has 0 aliphatic carbocycles. The molecule has 1 heterocycles. The first-order chi connectivity index (χ1) is 13.7. The molecule has 0 aliphatic heterocycles. The lowest BCUT2D eigenvalue weighted by Gasteiger charge is -2.10. The number of nitrogens with one attached hydrogen (secondary N) is 2. The number of para-hydroxylation sites is 1. The van der Waals surface area contributed by atoms with Gasteiger partial charge in [0, 0.05) is 11.4 Å². The van der Waals surface area contributed by atoms with Gasteiger partial charge in [-0.25, -0.2) is 0 Å². The van der Waals surface area contributed by atoms with E-state index in [1.807, 2.05) is 73.7 Å². The molecule has 1 aromatic heterocycles. The normalized spacial score (nSPS) is 10.8. The van der Waals surface area contributed by atoms with Gasteiger partial charge in [0.05, 0.1) is 0 Å². The fourth-order valence-corrected chi connectivity index (χ4v) is 3.32. The van der Waals surface area contributed by atoms with E-state index >= 15 is 0 Å². The zero-order chi connectivity index (χ0) is 19.5. The van der Waals surface area contributed by atoms with Gasteiger partial charge in [-0.3, -0.25) is 9.59 Å². The molecule has 2 N–H and O–H groups in total. The van der Waals surface area contributed by atoms with E-state index in [1.54, 1.807) is 12.1 Å². The second-order valence-electron chi connectivity index (χ2n) is 6.64. The van der Waals surface area contributed by atoms with Gasteiger partial charge in [-0.05, 0) is 52.6 Å². The Balaban J connectivity index is 1.63. The van der Waals surface area contributed by atoms with Crippen molar-refractivity contribution in [3.05, 3.63) is 100 Å². The average Bonchev–Trinajstić information content (AvgIpc) is 2.73. The highest BCUT2D eigenvalue weighted by Gasteiger charge is 2.13. The van der Waals surface area contributed by atoms with Gasteiger partial charge in [0.1, 0.15) is 5.56 Å². The topological polar surface area (TPSA) is 62.0 Å². The maximum Gasteiger partial charge on any atom is 0.261 e. The largest absolute Gasteiger partial charge is 0.322 e. The number of aromatic nitrogens is 1. The highest BCUT2D eigenvalue weighted by atomic mass is 16.2. The zero-order valence-corrected chi connectivity index (χ0v) is 15.5. The lowest BCUT2D eigenvalue weighted by molar-refractivity contribution is 0.102. The molecule has 4 aromatic rings. The summed E-state index contributed by atoms with van der Waals surface area (Å²) in [6.45, 7) is 2.02. The molecule has 138 valence electrons. The summed E-state index contributed by atoms with van der Waals surface area (Å²) in [4.78, 5) is 28.0. The third-order valence-corrected chi connectivity index (χ3v) is 4.86. The molecular formula is C24H20N2O2. The van der Waals surface area contributed by atoms with Crippen molar-refractivity contribution in [2.75, 3.05) is 5.32 Å². The van der Waals surface area contributed by atoms with Crippen LogP contribution in [0.4, 0.5) is 5.69 Å². The minimum Gasteiger partial charge on any atom is -0.322 e. The third-order valence-electron chi connectivity index (χ3n) is 4.86. The summed E-state index contributed by atoms with van der Waals surface area (Å²) < 4.78 is 0. The number of amides is 1. The van der Waals surface area contributed by atoms with Gasteiger partial charge in [-0.2, -0.15) is 0 Å². The zero-order valence-electron chi connectivity index (χ0n) is 15.5. The Hall–Kier alpha value is -3.66. The fraction of sp³-hybridized carbons (Fsp3) is 0.0833. The number of carbonyl (C=O) groups excluding carboxylic acids is 1. The van der Waals surface area contributed by atoms with E-state index in [4.69, 9.17) is 0 Å². The Morgan fingerprint density at radius 3 is 2.43 bits per heavy atom. The lowest BCUT2D eigenvalue weighted by Crippen LogP contribution is -2.23. The number of hydrogen-bond acceptors (Lipinski definition) is 2. The summed E-state index contributed by atoms with van der Waals surface area (Å²) in [5.74, 6) is -0.410. The summed E-state index contributed by atoms with van der Waals surface area (Å²) >= 11 is 0. The van der Waals surface area contributed by atoms with Gasteiger partial charge in [0.2, 0.25) is 0 Å². The van der Waals surface area contributed by atoms with Crippen LogP contribution >= 0.6 is 0 Å². The molecule has 0 aliphatic rings. The van der Waals surface area contributed by atoms with Crippen LogP contribution in [-0.4, -0.2) is 10.9 Å². The second-order valence-corrected chi connectivity index (χ2v) is 6.64. The van der Waals surface area contributed by atoms with Gasteiger partial charge in [0.25, 0.3) is 11.5 Å². The van der Waals surface area contributed by atoms with E-state index in [2.05, 4.69) is 10.3 Å². The molecule has 4 nitrogen and oxygen atoms in total. The fourth-order valence-electron chi connectivity index (χ4n) is 3.32. The minimum atomic E-state index is -0.410. The molecule has 4 heteroatoms. The van der Waals surface area contributed by atoms with Crippen LogP contribution in [0.15, 0.2) is 83.7 Å². The van der Waals surface area contributed by atoms with Crippen LogP contribution in [-0.2, 0) is 6.42 Å². The van der Waals surface area contributed by atoms with Crippen molar-refractivity contribution < 1.29 is 4.79 Å². The molecule has 0 bridgehead atoms. The number of pyridine rings is 1. The SMILES string of the molecule is CCc1ccccc1NC(=O)c1ccc(-c2ccc3ccccc3c2)[nH]c1=O. The summed E-state index contributed by atoms with van der Waals surface area (Å²) in [6.07, 6.45) is 0.799. The van der Waals surface area contributed by atoms with Crippen molar-refractivity contribution in [1.29, 1.82) is 0 Å². The highest BCUT2D eigenvalue weighted by molar-refractivity contribution is 6.04. The first kappa shape index (κ1) is 17.7. The van der Waals surface area contributed by atoms with Crippen LogP contribution in [0.3, 0.4) is 0 Å². The van der Waals surface area contributed by atoms with Gasteiger partial charge in [0.15, 0.2) is 0 Å². The summed E-state index contributed by atoms with van der Waals surface area (Å²) in [5.41, 5.74) is 3.03. The van der Waals surface area contributed by atoms with E-state index in [-0.39, 0.29) is 5.56 Å². The third kappa shape index (κ3) is 3.45. The number of benzene rings is 3. The molecule has 0 spiro atoms. The number of aryl methyl sites for hydroxylation is 1. The first-order valence-electron chi connectivity index (χ1n) is 9.27. The number of anilines is 1. The number of rotatable bonds is 4. The first-order valence-corrected chi connectivity index (χ1v) is 9.27. The molecule has 0 unspecified atom stereocenters. The van der Waals surface area contributed by atoms with Crippen molar-refractivity contribution in [3.63, 3.8) is 0 Å². The van der Waals surface area contributed by atoms with E-state index in [1.165, 1.54) is 0 Å². The molecule has 28 heavy (non-hydrogen) atoms. The maximum atomic E-state index is 12.6. The summed E-state index contributed by atoms with van der Waals surface area (Å²) in [5, 5.41) is 5.08. The molecule has 0 saturated heterocycles. The van der Waals surface area contributed by atoms with E-state index in [9.17, 15) is 9.59 Å². The second kappa shape index (κ2) is 7.53. The van der Waals surface area contributed by atoms with E-state index in [0.29, 0.717) is 5.69 Å². The van der Waals surface area contributed by atoms with Gasteiger partial charge in [-0.15, -0.1) is 0 Å². The molecule has 0 fully saturated rings. The molecule has 0 radical (unpaired) electrons. The smallest absolute Gasteiger partial charge is 0.261 e. The van der Waals surface area contributed by atoms with Crippen LogP contribution in [0.5, 0.6) is 0 Å². The molecule has 4 rings (SSSR count). The quantitative estimate of drug-likeness (QED) is 0.532. The Bertz CT molecular complexity index is 1220. The van der Waals surface area contributed by atoms with Crippen molar-refractivity contribution in [2.45, 2.75) is 13.3 Å². The van der Waals surface area contributed by atoms with E-state index in [0.717, 1.165) is 34.0 Å².